The highest BCUT2D eigenvalue weighted by molar-refractivity contribution is 6.36. The number of carboxylic acids is 1. The van der Waals surface area contributed by atoms with Crippen molar-refractivity contribution in [3.63, 3.8) is 0 Å². The topological polar surface area (TPSA) is 85.4 Å². The number of pyridine rings is 1. The minimum absolute atomic E-state index is 0.0121. The number of hydrogen-bond donors (Lipinski definition) is 2. The van der Waals surface area contributed by atoms with Crippen LogP contribution in [0.3, 0.4) is 0 Å². The number of hydrogen-bond acceptors (Lipinski definition) is 4. The van der Waals surface area contributed by atoms with Crippen LogP contribution < -0.4 is 10.5 Å². The number of aromatic nitrogens is 1. The van der Waals surface area contributed by atoms with Gasteiger partial charge in [0.15, 0.2) is 17.3 Å². The number of rotatable bonds is 5. The number of benzene rings is 2. The summed E-state index contributed by atoms with van der Waals surface area (Å²) in [5.74, 6) is -2.31. The number of carboxylic acid groups (broad SMARTS) is 1. The van der Waals surface area contributed by atoms with E-state index in [2.05, 4.69) is 4.98 Å². The fourth-order valence-electron chi connectivity index (χ4n) is 2.86. The van der Waals surface area contributed by atoms with E-state index in [1.54, 1.807) is 0 Å². The Morgan fingerprint density at radius 3 is 2.50 bits per heavy atom. The van der Waals surface area contributed by atoms with Crippen molar-refractivity contribution in [3.05, 3.63) is 75.1 Å². The first kappa shape index (κ1) is 19.9. The van der Waals surface area contributed by atoms with Crippen LogP contribution >= 0.6 is 23.2 Å². The standard InChI is InChI=1S/C20H15Cl2FN2O3/c1-28-19-13(21)8-7-11(15(19)23)17-12(9-10-5-3-2-4-6-10)16(24)14(22)18(25-17)20(26)27/h2-8H,9H2,1H3,(H2,24,25)(H,26,27). The van der Waals surface area contributed by atoms with Crippen LogP contribution in [0.25, 0.3) is 11.3 Å². The lowest BCUT2D eigenvalue weighted by atomic mass is 9.96. The Hall–Kier alpha value is -2.83. The van der Waals surface area contributed by atoms with Crippen LogP contribution in [0, 0.1) is 5.82 Å². The van der Waals surface area contributed by atoms with Crippen LogP contribution in [0.1, 0.15) is 21.6 Å². The van der Waals surface area contributed by atoms with Gasteiger partial charge >= 0.3 is 5.97 Å². The van der Waals surface area contributed by atoms with Gasteiger partial charge in [0.05, 0.1) is 28.5 Å². The lowest BCUT2D eigenvalue weighted by molar-refractivity contribution is 0.0691. The number of methoxy groups -OCH3 is 1. The number of halogens is 3. The molecule has 5 nitrogen and oxygen atoms in total. The Kier molecular flexibility index (Phi) is 5.72. The Morgan fingerprint density at radius 2 is 1.89 bits per heavy atom. The molecule has 0 unspecified atom stereocenters. The fourth-order valence-corrected chi connectivity index (χ4v) is 3.32. The van der Waals surface area contributed by atoms with Gasteiger partial charge in [-0.15, -0.1) is 0 Å². The maximum Gasteiger partial charge on any atom is 0.356 e. The van der Waals surface area contributed by atoms with E-state index in [-0.39, 0.29) is 39.2 Å². The molecule has 3 aromatic rings. The predicted octanol–water partition coefficient (Wildman–Crippen LogP) is 5.07. The number of nitrogens with two attached hydrogens (primary N) is 1. The second kappa shape index (κ2) is 8.04. The quantitative estimate of drug-likeness (QED) is 0.601. The van der Waals surface area contributed by atoms with Gasteiger partial charge in [0.1, 0.15) is 0 Å². The van der Waals surface area contributed by atoms with Gasteiger partial charge in [0, 0.05) is 17.5 Å². The van der Waals surface area contributed by atoms with Crippen molar-refractivity contribution in [1.82, 2.24) is 4.98 Å². The molecular formula is C20H15Cl2FN2O3. The zero-order chi connectivity index (χ0) is 20.4. The highest BCUT2D eigenvalue weighted by atomic mass is 35.5. The Labute approximate surface area is 170 Å². The summed E-state index contributed by atoms with van der Waals surface area (Å²) in [7, 11) is 1.28. The molecule has 0 atom stereocenters. The number of nitrogens with zero attached hydrogens (tertiary/aromatic N) is 1. The first-order chi connectivity index (χ1) is 13.3. The molecule has 0 bridgehead atoms. The molecule has 0 amide bonds. The average Bonchev–Trinajstić information content (AvgIpc) is 2.67. The Balaban J connectivity index is 2.31. The number of carbonyl (C=O) groups is 1. The summed E-state index contributed by atoms with van der Waals surface area (Å²) in [5, 5.41) is 9.30. The molecule has 144 valence electrons. The molecule has 8 heteroatoms. The molecule has 28 heavy (non-hydrogen) atoms. The number of anilines is 1. The van der Waals surface area contributed by atoms with E-state index in [1.165, 1.54) is 19.2 Å². The van der Waals surface area contributed by atoms with Crippen molar-refractivity contribution in [2.24, 2.45) is 0 Å². The Morgan fingerprint density at radius 1 is 1.21 bits per heavy atom. The zero-order valence-corrected chi connectivity index (χ0v) is 16.2. The minimum Gasteiger partial charge on any atom is -0.492 e. The average molecular weight is 421 g/mol. The molecule has 0 aliphatic rings. The summed E-state index contributed by atoms with van der Waals surface area (Å²) >= 11 is 12.1. The summed E-state index contributed by atoms with van der Waals surface area (Å²) < 4.78 is 20.1. The van der Waals surface area contributed by atoms with E-state index in [0.717, 1.165) is 5.56 Å². The molecule has 2 aromatic carbocycles. The molecule has 0 saturated carbocycles. The van der Waals surface area contributed by atoms with Crippen molar-refractivity contribution in [2.75, 3.05) is 12.8 Å². The van der Waals surface area contributed by atoms with Gasteiger partial charge in [-0.25, -0.2) is 14.2 Å². The van der Waals surface area contributed by atoms with Gasteiger partial charge in [-0.2, -0.15) is 0 Å². The third-order valence-electron chi connectivity index (χ3n) is 4.21. The molecule has 1 heterocycles. The van der Waals surface area contributed by atoms with Crippen molar-refractivity contribution in [2.45, 2.75) is 6.42 Å². The number of ether oxygens (including phenoxy) is 1. The lowest BCUT2D eigenvalue weighted by Gasteiger charge is -2.17. The summed E-state index contributed by atoms with van der Waals surface area (Å²) in [5.41, 5.74) is 7.07. The Bertz CT molecular complexity index is 1060. The molecular weight excluding hydrogens is 406 g/mol. The first-order valence-electron chi connectivity index (χ1n) is 8.12. The lowest BCUT2D eigenvalue weighted by Crippen LogP contribution is -2.10. The summed E-state index contributed by atoms with van der Waals surface area (Å²) in [6.45, 7) is 0. The van der Waals surface area contributed by atoms with Gasteiger partial charge < -0.3 is 15.6 Å². The second-order valence-electron chi connectivity index (χ2n) is 5.92. The smallest absolute Gasteiger partial charge is 0.356 e. The third-order valence-corrected chi connectivity index (χ3v) is 4.89. The van der Waals surface area contributed by atoms with E-state index in [1.807, 2.05) is 30.3 Å². The minimum atomic E-state index is -1.37. The largest absolute Gasteiger partial charge is 0.492 e. The summed E-state index contributed by atoms with van der Waals surface area (Å²) in [6.07, 6.45) is 0.277. The molecule has 0 saturated heterocycles. The van der Waals surface area contributed by atoms with Crippen molar-refractivity contribution >= 4 is 34.9 Å². The van der Waals surface area contributed by atoms with E-state index in [4.69, 9.17) is 33.7 Å². The first-order valence-corrected chi connectivity index (χ1v) is 8.88. The molecule has 3 N–H and O–H groups in total. The molecule has 0 radical (unpaired) electrons. The normalized spacial score (nSPS) is 10.7. The molecule has 1 aromatic heterocycles. The van der Waals surface area contributed by atoms with Crippen molar-refractivity contribution in [3.8, 4) is 17.0 Å². The monoisotopic (exact) mass is 420 g/mol. The van der Waals surface area contributed by atoms with Crippen LogP contribution in [0.15, 0.2) is 42.5 Å². The van der Waals surface area contributed by atoms with Crippen LogP contribution in [-0.4, -0.2) is 23.2 Å². The second-order valence-corrected chi connectivity index (χ2v) is 6.71. The van der Waals surface area contributed by atoms with Crippen molar-refractivity contribution < 1.29 is 19.0 Å². The zero-order valence-electron chi connectivity index (χ0n) is 14.7. The maximum atomic E-state index is 15.0. The molecule has 0 aliphatic heterocycles. The van der Waals surface area contributed by atoms with E-state index in [9.17, 15) is 9.90 Å². The van der Waals surface area contributed by atoms with Crippen molar-refractivity contribution in [1.29, 1.82) is 0 Å². The summed E-state index contributed by atoms with van der Waals surface area (Å²) in [4.78, 5) is 15.7. The molecule has 0 fully saturated rings. The van der Waals surface area contributed by atoms with E-state index < -0.39 is 17.5 Å². The molecule has 0 spiro atoms. The van der Waals surface area contributed by atoms with Crippen LogP contribution in [0.5, 0.6) is 5.75 Å². The maximum absolute atomic E-state index is 15.0. The van der Waals surface area contributed by atoms with Gasteiger partial charge in [-0.3, -0.25) is 0 Å². The highest BCUT2D eigenvalue weighted by Crippen LogP contribution is 2.39. The predicted molar refractivity (Wildman–Crippen MR) is 107 cm³/mol. The summed E-state index contributed by atoms with van der Waals surface area (Å²) in [6, 6.07) is 12.1. The molecule has 3 rings (SSSR count). The highest BCUT2D eigenvalue weighted by Gasteiger charge is 2.25. The van der Waals surface area contributed by atoms with Crippen LogP contribution in [0.2, 0.25) is 10.0 Å². The van der Waals surface area contributed by atoms with Crippen LogP contribution in [0.4, 0.5) is 10.1 Å². The van der Waals surface area contributed by atoms with Gasteiger partial charge in [-0.05, 0) is 17.7 Å². The van der Waals surface area contributed by atoms with Gasteiger partial charge in [0.25, 0.3) is 0 Å². The van der Waals surface area contributed by atoms with E-state index in [0.29, 0.717) is 5.56 Å². The molecule has 0 aliphatic carbocycles. The third kappa shape index (κ3) is 3.61. The number of nitrogen functional groups attached to an aromatic ring is 1. The van der Waals surface area contributed by atoms with Gasteiger partial charge in [0.2, 0.25) is 0 Å². The SMILES string of the molecule is COc1c(Cl)ccc(-c2nc(C(=O)O)c(Cl)c(N)c2Cc2ccccc2)c1F. The number of aromatic carboxylic acids is 1. The van der Waals surface area contributed by atoms with Crippen LogP contribution in [-0.2, 0) is 6.42 Å². The van der Waals surface area contributed by atoms with Gasteiger partial charge in [-0.1, -0.05) is 53.5 Å². The fraction of sp³-hybridized carbons (Fsp3) is 0.100. The van der Waals surface area contributed by atoms with E-state index >= 15 is 4.39 Å².